The van der Waals surface area contributed by atoms with Crippen LogP contribution in [0.15, 0.2) is 46.7 Å². The van der Waals surface area contributed by atoms with Gasteiger partial charge in [0.25, 0.3) is 0 Å². The summed E-state index contributed by atoms with van der Waals surface area (Å²) in [4.78, 5) is 27.7. The quantitative estimate of drug-likeness (QED) is 0.440. The summed E-state index contributed by atoms with van der Waals surface area (Å²) in [6.07, 6.45) is 0. The van der Waals surface area contributed by atoms with Crippen LogP contribution < -0.4 is 0 Å². The minimum atomic E-state index is -0.389. The molecule has 0 aliphatic carbocycles. The second kappa shape index (κ2) is 8.46. The smallest absolute Gasteiger partial charge is 0.337 e. The number of carbonyl (C=O) groups excluding carboxylic acids is 1. The van der Waals surface area contributed by atoms with Crippen LogP contribution in [0.25, 0.3) is 0 Å². The van der Waals surface area contributed by atoms with Crippen LogP contribution in [-0.4, -0.2) is 52.6 Å². The van der Waals surface area contributed by atoms with Gasteiger partial charge >= 0.3 is 5.00 Å². The first-order valence-corrected chi connectivity index (χ1v) is 9.89. The van der Waals surface area contributed by atoms with Gasteiger partial charge in [-0.3, -0.25) is 19.8 Å². The third-order valence-electron chi connectivity index (χ3n) is 4.10. The topological polar surface area (TPSA) is 66.7 Å². The molecular weight excluding hydrogens is 358 g/mol. The van der Waals surface area contributed by atoms with Gasteiger partial charge in [0.05, 0.1) is 15.6 Å². The Labute approximate surface area is 154 Å². The van der Waals surface area contributed by atoms with Gasteiger partial charge < -0.3 is 4.90 Å². The van der Waals surface area contributed by atoms with E-state index in [1.54, 1.807) is 11.4 Å². The summed E-state index contributed by atoms with van der Waals surface area (Å²) in [5.74, 6) is 0.292. The number of hydrogen-bond donors (Lipinski definition) is 0. The molecular formula is C17H19N3O3S2. The summed E-state index contributed by atoms with van der Waals surface area (Å²) >= 11 is 2.35. The lowest BCUT2D eigenvalue weighted by Gasteiger charge is -2.34. The van der Waals surface area contributed by atoms with Gasteiger partial charge in [-0.1, -0.05) is 41.7 Å². The highest BCUT2D eigenvalue weighted by Crippen LogP contribution is 2.34. The number of hydrogen-bond acceptors (Lipinski definition) is 6. The van der Waals surface area contributed by atoms with Crippen LogP contribution >= 0.6 is 23.1 Å². The van der Waals surface area contributed by atoms with Gasteiger partial charge in [-0.05, 0) is 17.0 Å². The van der Waals surface area contributed by atoms with E-state index in [1.165, 1.54) is 17.3 Å². The van der Waals surface area contributed by atoms with E-state index in [0.29, 0.717) is 18.0 Å². The monoisotopic (exact) mass is 377 g/mol. The number of amides is 1. The molecule has 0 spiro atoms. The van der Waals surface area contributed by atoms with Gasteiger partial charge in [-0.25, -0.2) is 0 Å². The third kappa shape index (κ3) is 4.81. The van der Waals surface area contributed by atoms with Crippen molar-refractivity contribution < 1.29 is 9.72 Å². The van der Waals surface area contributed by atoms with Crippen LogP contribution in [0.5, 0.6) is 0 Å². The van der Waals surface area contributed by atoms with Crippen LogP contribution in [0, 0.1) is 10.1 Å². The Morgan fingerprint density at radius 3 is 2.56 bits per heavy atom. The average Bonchev–Trinajstić information content (AvgIpc) is 3.10. The predicted molar refractivity (Wildman–Crippen MR) is 100.0 cm³/mol. The molecule has 2 heterocycles. The van der Waals surface area contributed by atoms with Crippen LogP contribution in [0.3, 0.4) is 0 Å². The van der Waals surface area contributed by atoms with Crippen molar-refractivity contribution in [3.05, 3.63) is 57.5 Å². The van der Waals surface area contributed by atoms with Crippen molar-refractivity contribution in [1.82, 2.24) is 9.80 Å². The Morgan fingerprint density at radius 1 is 1.16 bits per heavy atom. The maximum Gasteiger partial charge on any atom is 0.337 e. The molecule has 0 unspecified atom stereocenters. The number of carbonyl (C=O) groups is 1. The van der Waals surface area contributed by atoms with E-state index in [2.05, 4.69) is 17.0 Å². The van der Waals surface area contributed by atoms with Crippen molar-refractivity contribution in [2.24, 2.45) is 0 Å². The molecule has 0 radical (unpaired) electrons. The van der Waals surface area contributed by atoms with Crippen molar-refractivity contribution in [2.45, 2.75) is 11.4 Å². The zero-order valence-corrected chi connectivity index (χ0v) is 15.3. The van der Waals surface area contributed by atoms with Gasteiger partial charge in [0.1, 0.15) is 0 Å². The number of thiophene rings is 1. The SMILES string of the molecule is O=C(CSc1ccsc1[N+](=O)[O-])N1CCN(Cc2ccccc2)CC1. The molecule has 0 N–H and O–H groups in total. The first kappa shape index (κ1) is 17.9. The van der Waals surface area contributed by atoms with Gasteiger partial charge in [0.15, 0.2) is 0 Å². The lowest BCUT2D eigenvalue weighted by atomic mass is 10.2. The molecule has 8 heteroatoms. The number of thioether (sulfide) groups is 1. The molecule has 3 rings (SSSR count). The summed E-state index contributed by atoms with van der Waals surface area (Å²) in [7, 11) is 0. The second-order valence-corrected chi connectivity index (χ2v) is 7.69. The molecule has 1 aliphatic rings. The van der Waals surface area contributed by atoms with Gasteiger partial charge in [-0.2, -0.15) is 0 Å². The van der Waals surface area contributed by atoms with E-state index in [1.807, 2.05) is 23.1 Å². The molecule has 25 heavy (non-hydrogen) atoms. The molecule has 0 atom stereocenters. The Morgan fingerprint density at radius 2 is 1.88 bits per heavy atom. The van der Waals surface area contributed by atoms with Crippen molar-refractivity contribution >= 4 is 34.0 Å². The highest BCUT2D eigenvalue weighted by atomic mass is 32.2. The molecule has 1 fully saturated rings. The molecule has 132 valence electrons. The van der Waals surface area contributed by atoms with Crippen LogP contribution in [0.4, 0.5) is 5.00 Å². The van der Waals surface area contributed by atoms with Gasteiger partial charge in [-0.15, -0.1) is 11.8 Å². The Kier molecular flexibility index (Phi) is 6.06. The normalized spacial score (nSPS) is 15.3. The average molecular weight is 377 g/mol. The van der Waals surface area contributed by atoms with Crippen molar-refractivity contribution in [1.29, 1.82) is 0 Å². The number of benzene rings is 1. The fraction of sp³-hybridized carbons (Fsp3) is 0.353. The van der Waals surface area contributed by atoms with E-state index in [-0.39, 0.29) is 21.6 Å². The van der Waals surface area contributed by atoms with E-state index in [9.17, 15) is 14.9 Å². The molecule has 0 saturated carbocycles. The van der Waals surface area contributed by atoms with Crippen LogP contribution in [0.2, 0.25) is 0 Å². The Hall–Kier alpha value is -1.90. The first-order chi connectivity index (χ1) is 12.1. The Bertz CT molecular complexity index is 728. The molecule has 1 aromatic heterocycles. The first-order valence-electron chi connectivity index (χ1n) is 8.02. The molecule has 1 saturated heterocycles. The van der Waals surface area contributed by atoms with Crippen molar-refractivity contribution in [3.8, 4) is 0 Å². The summed E-state index contributed by atoms with van der Waals surface area (Å²) in [6, 6.07) is 12.0. The fourth-order valence-electron chi connectivity index (χ4n) is 2.76. The fourth-order valence-corrected chi connectivity index (χ4v) is 4.59. The molecule has 0 bridgehead atoms. The maximum absolute atomic E-state index is 12.4. The minimum absolute atomic E-state index is 0.0462. The third-order valence-corrected chi connectivity index (χ3v) is 6.13. The standard InChI is InChI=1S/C17H19N3O3S2/c21-16(13-25-15-6-11-24-17(15)20(22)23)19-9-7-18(8-10-19)12-14-4-2-1-3-5-14/h1-6,11H,7-10,12-13H2. The van der Waals surface area contributed by atoms with E-state index < -0.39 is 0 Å². The van der Waals surface area contributed by atoms with Crippen molar-refractivity contribution in [2.75, 3.05) is 31.9 Å². The van der Waals surface area contributed by atoms with Gasteiger partial charge in [0, 0.05) is 32.7 Å². The molecule has 6 nitrogen and oxygen atoms in total. The van der Waals surface area contributed by atoms with E-state index in [4.69, 9.17) is 0 Å². The zero-order valence-electron chi connectivity index (χ0n) is 13.7. The van der Waals surface area contributed by atoms with Crippen LogP contribution in [0.1, 0.15) is 5.56 Å². The predicted octanol–water partition coefficient (Wildman–Crippen LogP) is 3.09. The number of nitro groups is 1. The summed E-state index contributed by atoms with van der Waals surface area (Å²) < 4.78 is 0. The minimum Gasteiger partial charge on any atom is -0.339 e. The van der Waals surface area contributed by atoms with E-state index in [0.717, 1.165) is 31.0 Å². The maximum atomic E-state index is 12.4. The largest absolute Gasteiger partial charge is 0.339 e. The van der Waals surface area contributed by atoms with E-state index >= 15 is 0 Å². The lowest BCUT2D eigenvalue weighted by Crippen LogP contribution is -2.48. The molecule has 2 aromatic rings. The number of rotatable bonds is 6. The second-order valence-electron chi connectivity index (χ2n) is 5.78. The van der Waals surface area contributed by atoms with Crippen molar-refractivity contribution in [3.63, 3.8) is 0 Å². The summed E-state index contributed by atoms with van der Waals surface area (Å²) in [5, 5.41) is 12.7. The number of nitrogens with zero attached hydrogens (tertiary/aromatic N) is 3. The lowest BCUT2D eigenvalue weighted by molar-refractivity contribution is -0.382. The molecule has 1 amide bonds. The summed E-state index contributed by atoms with van der Waals surface area (Å²) in [5.41, 5.74) is 1.28. The van der Waals surface area contributed by atoms with Crippen LogP contribution in [-0.2, 0) is 11.3 Å². The highest BCUT2D eigenvalue weighted by Gasteiger charge is 2.23. The molecule has 1 aliphatic heterocycles. The highest BCUT2D eigenvalue weighted by molar-refractivity contribution is 8.00. The molecule has 1 aromatic carbocycles. The van der Waals surface area contributed by atoms with Gasteiger partial charge in [0.2, 0.25) is 5.91 Å². The summed E-state index contributed by atoms with van der Waals surface area (Å²) in [6.45, 7) is 4.02. The Balaban J connectivity index is 1.45. The zero-order chi connectivity index (χ0) is 17.6. The number of piperazine rings is 1.